The van der Waals surface area contributed by atoms with Crippen LogP contribution in [0.2, 0.25) is 0 Å². The summed E-state index contributed by atoms with van der Waals surface area (Å²) >= 11 is 0. The minimum atomic E-state index is 0. The predicted octanol–water partition coefficient (Wildman–Crippen LogP) is -0.827. The molecule has 0 aliphatic heterocycles. The van der Waals surface area contributed by atoms with Gasteiger partial charge in [-0.3, -0.25) is 0 Å². The van der Waals surface area contributed by atoms with Gasteiger partial charge in [0.05, 0.1) is 12.8 Å². The van der Waals surface area contributed by atoms with Crippen molar-refractivity contribution in [2.24, 2.45) is 0 Å². The Bertz CT molecular complexity index is 175. The molecule has 1 heterocycles. The van der Waals surface area contributed by atoms with E-state index in [1.165, 1.54) is 12.8 Å². The van der Waals surface area contributed by atoms with Crippen LogP contribution in [0, 0.1) is 0 Å². The predicted molar refractivity (Wildman–Crippen MR) is 45.3 cm³/mol. The smallest absolute Gasteiger partial charge is 0.117 e. The summed E-state index contributed by atoms with van der Waals surface area (Å²) in [5.74, 6) is 1.01. The summed E-state index contributed by atoms with van der Waals surface area (Å²) in [6, 6.07) is 3.90. The molecule has 0 aromatic carbocycles. The lowest BCUT2D eigenvalue weighted by Gasteiger charge is -1.99. The van der Waals surface area contributed by atoms with Crippen molar-refractivity contribution in [3.8, 4) is 0 Å². The van der Waals surface area contributed by atoms with Gasteiger partial charge in [0.1, 0.15) is 5.76 Å². The Balaban J connectivity index is 0.00000121. The second kappa shape index (κ2) is 7.19. The quantitative estimate of drug-likeness (QED) is 0.611. The largest absolute Gasteiger partial charge is 1.00 e. The summed E-state index contributed by atoms with van der Waals surface area (Å²) in [5, 5.41) is 3.29. The Hall–Kier alpha value is -0.470. The average molecular weight is 189 g/mol. The number of nitrogens with one attached hydrogen (secondary N) is 1. The SMILES string of the molecule is CCCCNCc1ccco1.[Cl-]. The van der Waals surface area contributed by atoms with E-state index in [1.54, 1.807) is 6.26 Å². The molecule has 0 aliphatic carbocycles. The van der Waals surface area contributed by atoms with Gasteiger partial charge in [-0.05, 0) is 25.1 Å². The summed E-state index contributed by atoms with van der Waals surface area (Å²) < 4.78 is 5.15. The van der Waals surface area contributed by atoms with Crippen LogP contribution in [0.1, 0.15) is 25.5 Å². The minimum Gasteiger partial charge on any atom is -1.00 e. The maximum atomic E-state index is 5.15. The van der Waals surface area contributed by atoms with E-state index in [2.05, 4.69) is 12.2 Å². The molecule has 3 heteroatoms. The molecule has 70 valence electrons. The Morgan fingerprint density at radius 2 is 2.33 bits per heavy atom. The zero-order valence-corrected chi connectivity index (χ0v) is 8.10. The highest BCUT2D eigenvalue weighted by atomic mass is 35.5. The van der Waals surface area contributed by atoms with E-state index >= 15 is 0 Å². The molecular formula is C9H15ClNO-. The maximum absolute atomic E-state index is 5.15. The first-order valence-corrected chi connectivity index (χ1v) is 4.16. The Morgan fingerprint density at radius 1 is 1.50 bits per heavy atom. The molecule has 1 N–H and O–H groups in total. The molecule has 0 bridgehead atoms. The first kappa shape index (κ1) is 11.5. The Kier molecular flexibility index (Phi) is 6.91. The standard InChI is InChI=1S/C9H15NO.ClH/c1-2-3-6-10-8-9-5-4-7-11-9;/h4-5,7,10H,2-3,6,8H2,1H3;1H/p-1. The maximum Gasteiger partial charge on any atom is 0.117 e. The molecule has 1 rings (SSSR count). The van der Waals surface area contributed by atoms with Gasteiger partial charge in [-0.1, -0.05) is 13.3 Å². The Morgan fingerprint density at radius 3 is 2.92 bits per heavy atom. The molecule has 12 heavy (non-hydrogen) atoms. The van der Waals surface area contributed by atoms with E-state index in [9.17, 15) is 0 Å². The van der Waals surface area contributed by atoms with Crippen molar-refractivity contribution in [2.75, 3.05) is 6.54 Å². The number of furan rings is 1. The fourth-order valence-corrected chi connectivity index (χ4v) is 0.927. The van der Waals surface area contributed by atoms with Gasteiger partial charge in [0.2, 0.25) is 0 Å². The van der Waals surface area contributed by atoms with Gasteiger partial charge < -0.3 is 22.1 Å². The van der Waals surface area contributed by atoms with Crippen LogP contribution in [0.5, 0.6) is 0 Å². The van der Waals surface area contributed by atoms with Crippen LogP contribution >= 0.6 is 0 Å². The van der Waals surface area contributed by atoms with Crippen molar-refractivity contribution in [1.82, 2.24) is 5.32 Å². The van der Waals surface area contributed by atoms with Crippen molar-refractivity contribution in [2.45, 2.75) is 26.3 Å². The van der Waals surface area contributed by atoms with Crippen LogP contribution in [0.4, 0.5) is 0 Å². The van der Waals surface area contributed by atoms with Gasteiger partial charge in [-0.15, -0.1) is 0 Å². The third-order valence-electron chi connectivity index (χ3n) is 1.59. The van der Waals surface area contributed by atoms with Crippen molar-refractivity contribution >= 4 is 0 Å². The lowest BCUT2D eigenvalue weighted by Crippen LogP contribution is -3.00. The summed E-state index contributed by atoms with van der Waals surface area (Å²) in [5.41, 5.74) is 0. The lowest BCUT2D eigenvalue weighted by atomic mass is 10.3. The summed E-state index contributed by atoms with van der Waals surface area (Å²) in [7, 11) is 0. The highest BCUT2D eigenvalue weighted by molar-refractivity contribution is 4.97. The molecule has 0 fully saturated rings. The van der Waals surface area contributed by atoms with Crippen molar-refractivity contribution in [3.63, 3.8) is 0 Å². The second-order valence-corrected chi connectivity index (χ2v) is 2.61. The van der Waals surface area contributed by atoms with Crippen LogP contribution in [0.15, 0.2) is 22.8 Å². The molecule has 1 aromatic rings. The van der Waals surface area contributed by atoms with Crippen molar-refractivity contribution in [1.29, 1.82) is 0 Å². The van der Waals surface area contributed by atoms with Crippen LogP contribution < -0.4 is 17.7 Å². The van der Waals surface area contributed by atoms with Gasteiger partial charge in [-0.25, -0.2) is 0 Å². The number of hydrogen-bond donors (Lipinski definition) is 1. The first-order valence-electron chi connectivity index (χ1n) is 4.16. The van der Waals surface area contributed by atoms with E-state index in [1.807, 2.05) is 12.1 Å². The monoisotopic (exact) mass is 188 g/mol. The summed E-state index contributed by atoms with van der Waals surface area (Å²) in [6.07, 6.45) is 4.18. The molecule has 0 unspecified atom stereocenters. The normalized spacial score (nSPS) is 9.42. The van der Waals surface area contributed by atoms with Gasteiger partial charge in [0.25, 0.3) is 0 Å². The third kappa shape index (κ3) is 4.42. The van der Waals surface area contributed by atoms with Crippen molar-refractivity contribution < 1.29 is 16.8 Å². The van der Waals surface area contributed by atoms with E-state index in [0.29, 0.717) is 0 Å². The zero-order chi connectivity index (χ0) is 7.94. The van der Waals surface area contributed by atoms with Crippen molar-refractivity contribution in [3.05, 3.63) is 24.2 Å². The molecule has 0 spiro atoms. The average Bonchev–Trinajstić information content (AvgIpc) is 2.50. The molecule has 0 amide bonds. The summed E-state index contributed by atoms with van der Waals surface area (Å²) in [6.45, 7) is 4.12. The number of hydrogen-bond acceptors (Lipinski definition) is 2. The van der Waals surface area contributed by atoms with Crippen LogP contribution in [-0.4, -0.2) is 6.54 Å². The molecule has 0 atom stereocenters. The van der Waals surface area contributed by atoms with Crippen LogP contribution in [0.25, 0.3) is 0 Å². The molecule has 0 saturated heterocycles. The van der Waals surface area contributed by atoms with Gasteiger partial charge in [0, 0.05) is 0 Å². The van der Waals surface area contributed by atoms with E-state index in [0.717, 1.165) is 18.8 Å². The zero-order valence-electron chi connectivity index (χ0n) is 7.35. The van der Waals surface area contributed by atoms with Gasteiger partial charge in [-0.2, -0.15) is 0 Å². The second-order valence-electron chi connectivity index (χ2n) is 2.61. The topological polar surface area (TPSA) is 25.2 Å². The number of unbranched alkanes of at least 4 members (excludes halogenated alkanes) is 1. The summed E-state index contributed by atoms with van der Waals surface area (Å²) in [4.78, 5) is 0. The molecule has 2 nitrogen and oxygen atoms in total. The Labute approximate surface area is 79.8 Å². The molecule has 1 aromatic heterocycles. The van der Waals surface area contributed by atoms with Crippen LogP contribution in [-0.2, 0) is 6.54 Å². The molecule has 0 radical (unpaired) electrons. The number of rotatable bonds is 5. The van der Waals surface area contributed by atoms with Gasteiger partial charge in [0.15, 0.2) is 0 Å². The minimum absolute atomic E-state index is 0. The molecule has 0 saturated carbocycles. The van der Waals surface area contributed by atoms with Gasteiger partial charge >= 0.3 is 0 Å². The van der Waals surface area contributed by atoms with E-state index < -0.39 is 0 Å². The molecule has 0 aliphatic rings. The fourth-order valence-electron chi connectivity index (χ4n) is 0.927. The highest BCUT2D eigenvalue weighted by Gasteiger charge is 1.92. The van der Waals surface area contributed by atoms with E-state index in [-0.39, 0.29) is 12.4 Å². The first-order chi connectivity index (χ1) is 5.43. The molecular weight excluding hydrogens is 174 g/mol. The third-order valence-corrected chi connectivity index (χ3v) is 1.59. The van der Waals surface area contributed by atoms with E-state index in [4.69, 9.17) is 4.42 Å². The number of halogens is 1. The lowest BCUT2D eigenvalue weighted by molar-refractivity contribution is -0.00000291. The van der Waals surface area contributed by atoms with Crippen LogP contribution in [0.3, 0.4) is 0 Å². The highest BCUT2D eigenvalue weighted by Crippen LogP contribution is 1.98. The fraction of sp³-hybridized carbons (Fsp3) is 0.556.